The summed E-state index contributed by atoms with van der Waals surface area (Å²) in [5.74, 6) is 0.167. The van der Waals surface area contributed by atoms with E-state index < -0.39 is 0 Å². The van der Waals surface area contributed by atoms with Crippen LogP contribution in [0.2, 0.25) is 0 Å². The predicted molar refractivity (Wildman–Crippen MR) is 105 cm³/mol. The van der Waals surface area contributed by atoms with E-state index in [0.29, 0.717) is 37.8 Å². The standard InChI is InChI=1S/C19H22BrN5O3/c1-28-12-16(26)23-8-10-24(11-9-23)19(27)17-18(13-2-3-13)25(22-21-17)15-6-4-14(20)5-7-15/h4-7,13H,2-3,8-12H2,1H3. The molecule has 28 heavy (non-hydrogen) atoms. The Morgan fingerprint density at radius 3 is 2.36 bits per heavy atom. The number of carbonyl (C=O) groups excluding carboxylic acids is 2. The molecule has 1 aromatic carbocycles. The average molecular weight is 448 g/mol. The summed E-state index contributed by atoms with van der Waals surface area (Å²) in [6, 6.07) is 7.81. The maximum Gasteiger partial charge on any atom is 0.276 e. The molecule has 0 radical (unpaired) electrons. The number of carbonyl (C=O) groups is 2. The van der Waals surface area contributed by atoms with Crippen molar-refractivity contribution in [3.63, 3.8) is 0 Å². The quantitative estimate of drug-likeness (QED) is 0.698. The van der Waals surface area contributed by atoms with Crippen molar-refractivity contribution in [3.8, 4) is 5.69 Å². The molecule has 2 aromatic rings. The lowest BCUT2D eigenvalue weighted by Crippen LogP contribution is -2.51. The Hall–Kier alpha value is -2.26. The predicted octanol–water partition coefficient (Wildman–Crippen LogP) is 1.84. The maximum absolute atomic E-state index is 13.1. The highest BCUT2D eigenvalue weighted by Gasteiger charge is 2.36. The van der Waals surface area contributed by atoms with Crippen LogP contribution in [0.15, 0.2) is 28.7 Å². The molecular weight excluding hydrogens is 426 g/mol. The minimum absolute atomic E-state index is 0.0468. The first-order valence-corrected chi connectivity index (χ1v) is 10.2. The molecule has 148 valence electrons. The number of nitrogens with zero attached hydrogens (tertiary/aromatic N) is 5. The Morgan fingerprint density at radius 2 is 1.75 bits per heavy atom. The van der Waals surface area contributed by atoms with Gasteiger partial charge in [-0.25, -0.2) is 4.68 Å². The summed E-state index contributed by atoms with van der Waals surface area (Å²) in [5, 5.41) is 8.53. The van der Waals surface area contributed by atoms with Crippen molar-refractivity contribution in [2.24, 2.45) is 0 Å². The fraction of sp³-hybridized carbons (Fsp3) is 0.474. The van der Waals surface area contributed by atoms with Crippen LogP contribution < -0.4 is 0 Å². The summed E-state index contributed by atoms with van der Waals surface area (Å²) in [4.78, 5) is 28.6. The zero-order valence-electron chi connectivity index (χ0n) is 15.7. The van der Waals surface area contributed by atoms with Gasteiger partial charge in [0, 0.05) is 43.7 Å². The third kappa shape index (κ3) is 3.81. The third-order valence-electron chi connectivity index (χ3n) is 5.13. The smallest absolute Gasteiger partial charge is 0.276 e. The van der Waals surface area contributed by atoms with Crippen LogP contribution in [0, 0.1) is 0 Å². The average Bonchev–Trinajstić information content (AvgIpc) is 3.46. The second-order valence-corrected chi connectivity index (χ2v) is 8.01. The first-order valence-electron chi connectivity index (χ1n) is 9.36. The van der Waals surface area contributed by atoms with E-state index in [1.54, 1.807) is 14.5 Å². The van der Waals surface area contributed by atoms with Crippen LogP contribution in [-0.2, 0) is 9.53 Å². The molecule has 0 bridgehead atoms. The molecule has 8 nitrogen and oxygen atoms in total. The summed E-state index contributed by atoms with van der Waals surface area (Å²) in [5.41, 5.74) is 2.22. The molecule has 2 amide bonds. The first kappa shape index (κ1) is 19.1. The number of hydrogen-bond acceptors (Lipinski definition) is 5. The van der Waals surface area contributed by atoms with Crippen molar-refractivity contribution in [1.82, 2.24) is 24.8 Å². The normalized spacial score (nSPS) is 17.1. The van der Waals surface area contributed by atoms with Crippen LogP contribution in [0.5, 0.6) is 0 Å². The van der Waals surface area contributed by atoms with Crippen LogP contribution in [0.3, 0.4) is 0 Å². The van der Waals surface area contributed by atoms with Gasteiger partial charge in [0.15, 0.2) is 5.69 Å². The SMILES string of the molecule is COCC(=O)N1CCN(C(=O)c2nnn(-c3ccc(Br)cc3)c2C2CC2)CC1. The van der Waals surface area contributed by atoms with Crippen molar-refractivity contribution in [1.29, 1.82) is 0 Å². The van der Waals surface area contributed by atoms with Crippen LogP contribution >= 0.6 is 15.9 Å². The van der Waals surface area contributed by atoms with Gasteiger partial charge in [-0.1, -0.05) is 21.1 Å². The summed E-state index contributed by atoms with van der Waals surface area (Å²) in [7, 11) is 1.51. The molecule has 2 fully saturated rings. The highest BCUT2D eigenvalue weighted by atomic mass is 79.9. The van der Waals surface area contributed by atoms with E-state index >= 15 is 0 Å². The molecule has 2 aliphatic rings. The van der Waals surface area contributed by atoms with Crippen LogP contribution in [-0.4, -0.2) is 76.5 Å². The molecule has 4 rings (SSSR count). The Labute approximate surface area is 171 Å². The van der Waals surface area contributed by atoms with E-state index in [-0.39, 0.29) is 18.4 Å². The summed E-state index contributed by atoms with van der Waals surface area (Å²) in [6.07, 6.45) is 2.09. The van der Waals surface area contributed by atoms with Crippen LogP contribution in [0.1, 0.15) is 34.9 Å². The topological polar surface area (TPSA) is 80.6 Å². The number of benzene rings is 1. The fourth-order valence-corrected chi connectivity index (χ4v) is 3.73. The van der Waals surface area contributed by atoms with Crippen molar-refractivity contribution in [2.45, 2.75) is 18.8 Å². The Morgan fingerprint density at radius 1 is 1.11 bits per heavy atom. The number of aromatic nitrogens is 3. The van der Waals surface area contributed by atoms with Gasteiger partial charge in [0.05, 0.1) is 11.4 Å². The van der Waals surface area contributed by atoms with Gasteiger partial charge in [0.2, 0.25) is 5.91 Å². The molecule has 1 aliphatic heterocycles. The van der Waals surface area contributed by atoms with E-state index in [2.05, 4.69) is 26.2 Å². The Bertz CT molecular complexity index is 870. The number of piperazine rings is 1. The zero-order chi connectivity index (χ0) is 19.7. The summed E-state index contributed by atoms with van der Waals surface area (Å²) >= 11 is 3.44. The number of amides is 2. The number of halogens is 1. The van der Waals surface area contributed by atoms with Gasteiger partial charge >= 0.3 is 0 Å². The maximum atomic E-state index is 13.1. The lowest BCUT2D eigenvalue weighted by molar-refractivity contribution is -0.136. The molecule has 1 saturated heterocycles. The monoisotopic (exact) mass is 447 g/mol. The largest absolute Gasteiger partial charge is 0.375 e. The van der Waals surface area contributed by atoms with E-state index in [4.69, 9.17) is 4.74 Å². The van der Waals surface area contributed by atoms with Crippen molar-refractivity contribution < 1.29 is 14.3 Å². The Kier molecular flexibility index (Phi) is 5.45. The summed E-state index contributed by atoms with van der Waals surface area (Å²) in [6.45, 7) is 2.06. The van der Waals surface area contributed by atoms with Gasteiger partial charge in [-0.05, 0) is 37.1 Å². The highest BCUT2D eigenvalue weighted by Crippen LogP contribution is 2.42. The van der Waals surface area contributed by atoms with Gasteiger partial charge in [0.25, 0.3) is 5.91 Å². The molecule has 2 heterocycles. The van der Waals surface area contributed by atoms with Gasteiger partial charge in [-0.2, -0.15) is 0 Å². The lowest BCUT2D eigenvalue weighted by atomic mass is 10.1. The minimum atomic E-state index is -0.107. The number of ether oxygens (including phenoxy) is 1. The first-order chi connectivity index (χ1) is 13.6. The Balaban J connectivity index is 1.52. The third-order valence-corrected chi connectivity index (χ3v) is 5.66. The second kappa shape index (κ2) is 8.00. The molecule has 0 spiro atoms. The van der Waals surface area contributed by atoms with E-state index in [9.17, 15) is 9.59 Å². The molecular formula is C19H22BrN5O3. The highest BCUT2D eigenvalue weighted by molar-refractivity contribution is 9.10. The lowest BCUT2D eigenvalue weighted by Gasteiger charge is -2.34. The van der Waals surface area contributed by atoms with E-state index in [0.717, 1.165) is 28.7 Å². The number of hydrogen-bond donors (Lipinski definition) is 0. The van der Waals surface area contributed by atoms with Gasteiger partial charge in [0.1, 0.15) is 6.61 Å². The van der Waals surface area contributed by atoms with Gasteiger partial charge in [-0.15, -0.1) is 5.10 Å². The molecule has 0 N–H and O–H groups in total. The van der Waals surface area contributed by atoms with E-state index in [1.165, 1.54) is 7.11 Å². The molecule has 1 aromatic heterocycles. The number of rotatable bonds is 5. The fourth-order valence-electron chi connectivity index (χ4n) is 3.46. The molecule has 0 atom stereocenters. The molecule has 1 aliphatic carbocycles. The molecule has 0 unspecified atom stereocenters. The molecule has 1 saturated carbocycles. The molecule has 9 heteroatoms. The minimum Gasteiger partial charge on any atom is -0.375 e. The summed E-state index contributed by atoms with van der Waals surface area (Å²) < 4.78 is 7.68. The van der Waals surface area contributed by atoms with Crippen molar-refractivity contribution in [2.75, 3.05) is 39.9 Å². The van der Waals surface area contributed by atoms with Gasteiger partial charge in [-0.3, -0.25) is 9.59 Å². The zero-order valence-corrected chi connectivity index (χ0v) is 17.3. The van der Waals surface area contributed by atoms with E-state index in [1.807, 2.05) is 24.3 Å². The number of methoxy groups -OCH3 is 1. The van der Waals surface area contributed by atoms with Gasteiger partial charge < -0.3 is 14.5 Å². The second-order valence-electron chi connectivity index (χ2n) is 7.09. The van der Waals surface area contributed by atoms with Crippen molar-refractivity contribution >= 4 is 27.7 Å². The van der Waals surface area contributed by atoms with Crippen molar-refractivity contribution in [3.05, 3.63) is 40.1 Å². The van der Waals surface area contributed by atoms with Crippen LogP contribution in [0.25, 0.3) is 5.69 Å². The van der Waals surface area contributed by atoms with Crippen LogP contribution in [0.4, 0.5) is 0 Å².